The molecule has 1 saturated heterocycles. The molecule has 1 heterocycles. The van der Waals surface area contributed by atoms with Crippen molar-refractivity contribution in [1.82, 2.24) is 0 Å². The smallest absolute Gasteiger partial charge is 0.312 e. The van der Waals surface area contributed by atoms with Gasteiger partial charge >= 0.3 is 17.9 Å². The molecule has 6 bridgehead atoms. The van der Waals surface area contributed by atoms with Crippen LogP contribution in [0.3, 0.4) is 0 Å². The molecule has 0 atom stereocenters. The molecule has 3 aromatic rings. The van der Waals surface area contributed by atoms with Crippen molar-refractivity contribution < 1.29 is 42.8 Å². The van der Waals surface area contributed by atoms with Crippen molar-refractivity contribution in [2.45, 2.75) is 151 Å². The van der Waals surface area contributed by atoms with E-state index in [1.54, 1.807) is 12.1 Å². The lowest BCUT2D eigenvalue weighted by molar-refractivity contribution is -0.173. The summed E-state index contributed by atoms with van der Waals surface area (Å²) in [6.45, 7) is 2.01. The van der Waals surface area contributed by atoms with E-state index in [1.807, 2.05) is 24.3 Å². The molecule has 1 aliphatic heterocycles. The van der Waals surface area contributed by atoms with Gasteiger partial charge in [-0.05, 0) is 190 Å². The second kappa shape index (κ2) is 21.8. The number of esters is 3. The molecule has 10 aliphatic rings. The number of phenolic OH excluding ortho intramolecular Hbond substituents is 1. The highest BCUT2D eigenvalue weighted by Crippen LogP contribution is 2.60. The van der Waals surface area contributed by atoms with Gasteiger partial charge in [0.2, 0.25) is 0 Å². The summed E-state index contributed by atoms with van der Waals surface area (Å²) in [6, 6.07) is 24.4. The molecule has 0 spiro atoms. The number of carbonyl (C=O) groups excluding carboxylic acids is 3. The largest absolute Gasteiger partial charge is 0.508 e. The summed E-state index contributed by atoms with van der Waals surface area (Å²) in [5.74, 6) is 0.319. The lowest BCUT2D eigenvalue weighted by atomic mass is 9.52. The van der Waals surface area contributed by atoms with E-state index in [9.17, 15) is 23.9 Å². The third kappa shape index (κ3) is 10.7. The summed E-state index contributed by atoms with van der Waals surface area (Å²) in [4.78, 5) is 37.0. The third-order valence-electron chi connectivity index (χ3n) is 18.3. The summed E-state index contributed by atoms with van der Waals surface area (Å²) in [6.07, 6.45) is 20.2. The van der Waals surface area contributed by atoms with Crippen LogP contribution in [-0.2, 0) is 49.6 Å². The standard InChI is InChI=1S/C24H33FN2O3.C16H21NO2.C16H20O3.ClH/c25-15-18(16-26)17-27-20-3-1-19(2-4-20)23-7-10-24(11-8-23,12-9-23)22(28)30-21-5-13-29-14-6-21;2*1-19-14(18)16-9-6-15(7-10-16,8-11-16)12-2-4-13(17)5-3-12;/h1-4,15,21,27H,5-14,16-17,26H2;2-5H,6-11,17H2,1H3;2-5,17H,6-11H2,1H3;1H/b18-15+;;;. The number of nitrogen functional groups attached to an aromatic ring is 1. The van der Waals surface area contributed by atoms with Gasteiger partial charge in [-0.3, -0.25) is 14.4 Å². The zero-order valence-electron chi connectivity index (χ0n) is 40.8. The fraction of sp³-hybridized carbons (Fsp3) is 0.589. The van der Waals surface area contributed by atoms with Crippen LogP contribution in [0.5, 0.6) is 5.75 Å². The first-order valence-electron chi connectivity index (χ1n) is 25.2. The summed E-state index contributed by atoms with van der Waals surface area (Å²) in [5.41, 5.74) is 17.6. The van der Waals surface area contributed by atoms with Gasteiger partial charge in [0.1, 0.15) is 11.9 Å². The lowest BCUT2D eigenvalue weighted by Gasteiger charge is -2.52. The summed E-state index contributed by atoms with van der Waals surface area (Å²) < 4.78 is 33.9. The molecular formula is C56H75ClFN3O8. The number of ether oxygens (including phenoxy) is 4. The van der Waals surface area contributed by atoms with E-state index in [2.05, 4.69) is 41.7 Å². The van der Waals surface area contributed by atoms with Gasteiger partial charge in [0, 0.05) is 37.3 Å². The quantitative estimate of drug-likeness (QED) is 0.0818. The van der Waals surface area contributed by atoms with E-state index < -0.39 is 0 Å². The van der Waals surface area contributed by atoms with Crippen LogP contribution < -0.4 is 16.8 Å². The maximum absolute atomic E-state index is 13.0. The molecule has 69 heavy (non-hydrogen) atoms. The first-order chi connectivity index (χ1) is 32.8. The molecular weight excluding hydrogens is 897 g/mol. The second-order valence-corrected chi connectivity index (χ2v) is 21.5. The number of nitrogens with one attached hydrogen (secondary N) is 1. The van der Waals surface area contributed by atoms with E-state index in [0.29, 0.717) is 37.4 Å². The molecule has 13 rings (SSSR count). The highest BCUT2D eigenvalue weighted by Gasteiger charge is 2.56. The number of rotatable bonds is 11. The average molecular weight is 973 g/mol. The molecule has 0 unspecified atom stereocenters. The zero-order chi connectivity index (χ0) is 48.0. The van der Waals surface area contributed by atoms with Crippen LogP contribution in [0.25, 0.3) is 0 Å². The van der Waals surface area contributed by atoms with Gasteiger partial charge in [0.15, 0.2) is 0 Å². The van der Waals surface area contributed by atoms with Gasteiger partial charge in [0.05, 0.1) is 50.0 Å². The Kier molecular flexibility index (Phi) is 16.5. The number of phenols is 1. The van der Waals surface area contributed by atoms with E-state index in [0.717, 1.165) is 140 Å². The maximum Gasteiger partial charge on any atom is 0.312 e. The summed E-state index contributed by atoms with van der Waals surface area (Å²) >= 11 is 0. The van der Waals surface area contributed by atoms with Crippen molar-refractivity contribution in [3.8, 4) is 5.75 Å². The van der Waals surface area contributed by atoms with Crippen molar-refractivity contribution >= 4 is 41.7 Å². The van der Waals surface area contributed by atoms with Crippen LogP contribution in [0.1, 0.15) is 145 Å². The highest BCUT2D eigenvalue weighted by molar-refractivity contribution is 5.85. The molecule has 3 aromatic carbocycles. The topological polar surface area (TPSA) is 172 Å². The normalized spacial score (nSPS) is 31.1. The Hall–Kier alpha value is -4.65. The van der Waals surface area contributed by atoms with Gasteiger partial charge in [-0.15, -0.1) is 12.4 Å². The Labute approximate surface area is 414 Å². The molecule has 376 valence electrons. The predicted octanol–water partition coefficient (Wildman–Crippen LogP) is 10.8. The number of nitrogens with two attached hydrogens (primary N) is 2. The highest BCUT2D eigenvalue weighted by atomic mass is 35.5. The Morgan fingerprint density at radius 2 is 0.986 bits per heavy atom. The molecule has 9 aliphatic carbocycles. The fourth-order valence-electron chi connectivity index (χ4n) is 13.2. The first-order valence-corrected chi connectivity index (χ1v) is 25.2. The fourth-order valence-corrected chi connectivity index (χ4v) is 13.2. The molecule has 9 saturated carbocycles. The molecule has 0 aromatic heterocycles. The zero-order valence-corrected chi connectivity index (χ0v) is 41.6. The number of aromatic hydroxyl groups is 1. The number of carbonyl (C=O) groups is 3. The van der Waals surface area contributed by atoms with Gasteiger partial charge < -0.3 is 40.8 Å². The Bertz CT molecular complexity index is 2090. The molecule has 6 N–H and O–H groups in total. The van der Waals surface area contributed by atoms with Gasteiger partial charge in [-0.2, -0.15) is 0 Å². The predicted molar refractivity (Wildman–Crippen MR) is 269 cm³/mol. The Balaban J connectivity index is 0.000000158. The van der Waals surface area contributed by atoms with Crippen LogP contribution in [0.4, 0.5) is 15.8 Å². The number of fused-ring (bicyclic) bond motifs is 9. The van der Waals surface area contributed by atoms with Crippen LogP contribution in [0.2, 0.25) is 0 Å². The van der Waals surface area contributed by atoms with E-state index in [1.165, 1.54) is 30.9 Å². The third-order valence-corrected chi connectivity index (χ3v) is 18.3. The monoisotopic (exact) mass is 972 g/mol. The first kappa shape index (κ1) is 52.2. The number of anilines is 2. The van der Waals surface area contributed by atoms with Crippen molar-refractivity contribution in [2.24, 2.45) is 22.0 Å². The van der Waals surface area contributed by atoms with Crippen LogP contribution >= 0.6 is 12.4 Å². The number of benzene rings is 3. The van der Waals surface area contributed by atoms with Crippen molar-refractivity contribution in [2.75, 3.05) is 51.6 Å². The molecule has 10 fully saturated rings. The number of halogens is 2. The molecule has 0 amide bonds. The van der Waals surface area contributed by atoms with E-state index in [4.69, 9.17) is 30.4 Å². The second-order valence-electron chi connectivity index (χ2n) is 21.5. The number of hydrogen-bond acceptors (Lipinski definition) is 11. The number of hydrogen-bond donors (Lipinski definition) is 4. The van der Waals surface area contributed by atoms with E-state index >= 15 is 0 Å². The summed E-state index contributed by atoms with van der Waals surface area (Å²) in [7, 11) is 3.00. The van der Waals surface area contributed by atoms with Crippen molar-refractivity contribution in [3.05, 3.63) is 101 Å². The van der Waals surface area contributed by atoms with Gasteiger partial charge in [0.25, 0.3) is 0 Å². The Morgan fingerprint density at radius 3 is 1.35 bits per heavy atom. The van der Waals surface area contributed by atoms with Crippen molar-refractivity contribution in [1.29, 1.82) is 0 Å². The van der Waals surface area contributed by atoms with Crippen LogP contribution in [0.15, 0.2) is 84.7 Å². The molecule has 0 radical (unpaired) electrons. The Morgan fingerprint density at radius 1 is 0.623 bits per heavy atom. The summed E-state index contributed by atoms with van der Waals surface area (Å²) in [5, 5.41) is 12.6. The average Bonchev–Trinajstić information content (AvgIpc) is 3.41. The minimum Gasteiger partial charge on any atom is -0.508 e. The van der Waals surface area contributed by atoms with Gasteiger partial charge in [-0.1, -0.05) is 36.4 Å². The lowest BCUT2D eigenvalue weighted by Crippen LogP contribution is -2.49. The van der Waals surface area contributed by atoms with E-state index in [-0.39, 0.29) is 75.5 Å². The SMILES string of the molecule is COC(=O)C12CCC(c3ccc(N)cc3)(CC1)CC2.COC(=O)C12CCC(c3ccc(O)cc3)(CC1)CC2.Cl.NC/C(=C\F)CNc1ccc(C23CCC(C(=O)OC4CCOCC4)(CC2)CC3)cc1. The van der Waals surface area contributed by atoms with Crippen molar-refractivity contribution in [3.63, 3.8) is 0 Å². The molecule has 13 heteroatoms. The van der Waals surface area contributed by atoms with Crippen LogP contribution in [-0.4, -0.2) is 69.6 Å². The van der Waals surface area contributed by atoms with Gasteiger partial charge in [-0.25, -0.2) is 4.39 Å². The maximum atomic E-state index is 13.0. The molecule has 11 nitrogen and oxygen atoms in total. The van der Waals surface area contributed by atoms with Crippen LogP contribution in [0, 0.1) is 16.2 Å². The minimum absolute atomic E-state index is 0. The number of methoxy groups -OCH3 is 2. The minimum atomic E-state index is -0.279.